The average Bonchev–Trinajstić information content (AvgIpc) is 2.22. The summed E-state index contributed by atoms with van der Waals surface area (Å²) in [5, 5.41) is 10.9. The zero-order valence-electron chi connectivity index (χ0n) is 8.53. The molecule has 0 aliphatic carbocycles. The molecule has 0 heterocycles. The summed E-state index contributed by atoms with van der Waals surface area (Å²) in [4.78, 5) is 22.3. The summed E-state index contributed by atoms with van der Waals surface area (Å²) < 4.78 is 12.6. The summed E-state index contributed by atoms with van der Waals surface area (Å²) in [7, 11) is 0. The fourth-order valence-corrected chi connectivity index (χ4v) is 1.08. The van der Waals surface area contributed by atoms with Crippen LogP contribution in [0.3, 0.4) is 0 Å². The van der Waals surface area contributed by atoms with Gasteiger partial charge in [0.2, 0.25) is 5.91 Å². The topological polar surface area (TPSA) is 70.0 Å². The Kier molecular flexibility index (Phi) is 3.72. The Hall–Kier alpha value is -2.22. The summed E-state index contributed by atoms with van der Waals surface area (Å²) in [5.41, 5.74) is 0.341. The van der Waals surface area contributed by atoms with Gasteiger partial charge in [0.05, 0.1) is 6.07 Å². The molecular formula is C11H9FN2O2. The highest BCUT2D eigenvalue weighted by Gasteiger charge is 2.22. The van der Waals surface area contributed by atoms with Gasteiger partial charge >= 0.3 is 0 Å². The molecule has 1 rings (SSSR count). The molecule has 1 amide bonds. The predicted octanol–water partition coefficient (Wildman–Crippen LogP) is 1.49. The van der Waals surface area contributed by atoms with Crippen LogP contribution >= 0.6 is 0 Å². The highest BCUT2D eigenvalue weighted by atomic mass is 19.1. The minimum atomic E-state index is -1.33. The number of carbonyl (C=O) groups excluding carboxylic acids is 2. The highest BCUT2D eigenvalue weighted by Crippen LogP contribution is 2.10. The van der Waals surface area contributed by atoms with Crippen LogP contribution in [0.1, 0.15) is 6.92 Å². The number of benzene rings is 1. The molecule has 0 aliphatic heterocycles. The van der Waals surface area contributed by atoms with E-state index in [2.05, 4.69) is 5.32 Å². The molecular weight excluding hydrogens is 211 g/mol. The summed E-state index contributed by atoms with van der Waals surface area (Å²) in [5.74, 6) is -2.99. The van der Waals surface area contributed by atoms with Gasteiger partial charge in [-0.3, -0.25) is 9.59 Å². The first-order valence-electron chi connectivity index (χ1n) is 4.51. The monoisotopic (exact) mass is 220 g/mol. The number of hydrogen-bond acceptors (Lipinski definition) is 3. The van der Waals surface area contributed by atoms with Crippen LogP contribution in [0.5, 0.6) is 0 Å². The maximum atomic E-state index is 12.6. The largest absolute Gasteiger partial charge is 0.325 e. The molecule has 0 radical (unpaired) electrons. The molecule has 82 valence electrons. The smallest absolute Gasteiger partial charge is 0.249 e. The summed E-state index contributed by atoms with van der Waals surface area (Å²) >= 11 is 0. The van der Waals surface area contributed by atoms with Crippen LogP contribution in [-0.2, 0) is 9.59 Å². The first-order valence-corrected chi connectivity index (χ1v) is 4.51. The first-order chi connectivity index (χ1) is 7.54. The number of nitriles is 1. The number of rotatable bonds is 3. The van der Waals surface area contributed by atoms with Crippen LogP contribution in [0.2, 0.25) is 0 Å². The molecule has 1 atom stereocenters. The maximum absolute atomic E-state index is 12.6. The Morgan fingerprint density at radius 1 is 1.38 bits per heavy atom. The Bertz CT molecular complexity index is 448. The predicted molar refractivity (Wildman–Crippen MR) is 54.8 cm³/mol. The van der Waals surface area contributed by atoms with Gasteiger partial charge in [0, 0.05) is 5.69 Å². The highest BCUT2D eigenvalue weighted by molar-refractivity contribution is 6.08. The van der Waals surface area contributed by atoms with Gasteiger partial charge < -0.3 is 5.32 Å². The third kappa shape index (κ3) is 2.89. The van der Waals surface area contributed by atoms with Gasteiger partial charge in [0.15, 0.2) is 11.7 Å². The van der Waals surface area contributed by atoms with E-state index < -0.39 is 23.4 Å². The van der Waals surface area contributed by atoms with Crippen LogP contribution < -0.4 is 5.32 Å². The van der Waals surface area contributed by atoms with Gasteiger partial charge in [-0.15, -0.1) is 0 Å². The van der Waals surface area contributed by atoms with Crippen molar-refractivity contribution in [3.63, 3.8) is 0 Å². The van der Waals surface area contributed by atoms with E-state index in [0.29, 0.717) is 5.69 Å². The molecule has 0 aliphatic rings. The van der Waals surface area contributed by atoms with Gasteiger partial charge in [0.1, 0.15) is 5.82 Å². The van der Waals surface area contributed by atoms with Gasteiger partial charge in [-0.05, 0) is 31.2 Å². The van der Waals surface area contributed by atoms with Crippen LogP contribution in [0.25, 0.3) is 0 Å². The van der Waals surface area contributed by atoms with E-state index in [4.69, 9.17) is 5.26 Å². The molecule has 0 aromatic heterocycles. The maximum Gasteiger partial charge on any atom is 0.249 e. The van der Waals surface area contributed by atoms with Crippen LogP contribution in [0.15, 0.2) is 24.3 Å². The van der Waals surface area contributed by atoms with Crippen molar-refractivity contribution in [2.45, 2.75) is 6.92 Å². The normalized spacial score (nSPS) is 11.3. The number of amides is 1. The second-order valence-electron chi connectivity index (χ2n) is 3.17. The molecule has 1 unspecified atom stereocenters. The SMILES string of the molecule is CC(=O)C(C#N)C(=O)Nc1ccc(F)cc1. The second-order valence-corrected chi connectivity index (χ2v) is 3.17. The fraction of sp³-hybridized carbons (Fsp3) is 0.182. The lowest BCUT2D eigenvalue weighted by atomic mass is 10.1. The third-order valence-corrected chi connectivity index (χ3v) is 1.91. The first kappa shape index (κ1) is 11.9. The lowest BCUT2D eigenvalue weighted by molar-refractivity contribution is -0.127. The number of carbonyl (C=O) groups is 2. The average molecular weight is 220 g/mol. The van der Waals surface area contributed by atoms with E-state index in [-0.39, 0.29) is 0 Å². The van der Waals surface area contributed by atoms with E-state index in [1.54, 1.807) is 6.07 Å². The number of hydrogen-bond donors (Lipinski definition) is 1. The second kappa shape index (κ2) is 5.03. The van der Waals surface area contributed by atoms with Crippen LogP contribution in [0, 0.1) is 23.1 Å². The Balaban J connectivity index is 2.75. The van der Waals surface area contributed by atoms with Gasteiger partial charge in [-0.1, -0.05) is 0 Å². The zero-order valence-corrected chi connectivity index (χ0v) is 8.53. The number of ketones is 1. The summed E-state index contributed by atoms with van der Waals surface area (Å²) in [6.45, 7) is 1.16. The standard InChI is InChI=1S/C11H9FN2O2/c1-7(15)10(6-13)11(16)14-9-4-2-8(12)3-5-9/h2-5,10H,1H3,(H,14,16). The molecule has 0 saturated carbocycles. The summed E-state index contributed by atoms with van der Waals surface area (Å²) in [6.07, 6.45) is 0. The molecule has 1 aromatic rings. The quantitative estimate of drug-likeness (QED) is 0.784. The van der Waals surface area contributed by atoms with E-state index >= 15 is 0 Å². The zero-order chi connectivity index (χ0) is 12.1. The number of anilines is 1. The molecule has 0 saturated heterocycles. The minimum absolute atomic E-state index is 0.341. The molecule has 0 fully saturated rings. The minimum Gasteiger partial charge on any atom is -0.325 e. The van der Waals surface area contributed by atoms with Gasteiger partial charge in [0.25, 0.3) is 0 Å². The third-order valence-electron chi connectivity index (χ3n) is 1.91. The van der Waals surface area contributed by atoms with E-state index in [0.717, 1.165) is 6.92 Å². The van der Waals surface area contributed by atoms with Crippen molar-refractivity contribution in [2.75, 3.05) is 5.32 Å². The Labute approximate surface area is 91.7 Å². The Morgan fingerprint density at radius 3 is 2.38 bits per heavy atom. The number of halogens is 1. The Morgan fingerprint density at radius 2 is 1.94 bits per heavy atom. The number of nitrogens with zero attached hydrogens (tertiary/aromatic N) is 1. The van der Waals surface area contributed by atoms with E-state index in [1.807, 2.05) is 0 Å². The van der Waals surface area contributed by atoms with E-state index in [1.165, 1.54) is 24.3 Å². The lowest BCUT2D eigenvalue weighted by Gasteiger charge is -2.07. The molecule has 4 nitrogen and oxygen atoms in total. The van der Waals surface area contributed by atoms with Gasteiger partial charge in [-0.25, -0.2) is 4.39 Å². The molecule has 1 aromatic carbocycles. The molecule has 1 N–H and O–H groups in total. The van der Waals surface area contributed by atoms with Gasteiger partial charge in [-0.2, -0.15) is 5.26 Å². The van der Waals surface area contributed by atoms with Crippen molar-refractivity contribution in [2.24, 2.45) is 5.92 Å². The molecule has 5 heteroatoms. The van der Waals surface area contributed by atoms with Crippen molar-refractivity contribution in [3.05, 3.63) is 30.1 Å². The van der Waals surface area contributed by atoms with Crippen molar-refractivity contribution in [1.29, 1.82) is 5.26 Å². The molecule has 0 bridgehead atoms. The molecule has 0 spiro atoms. The van der Waals surface area contributed by atoms with Crippen molar-refractivity contribution in [1.82, 2.24) is 0 Å². The summed E-state index contributed by atoms with van der Waals surface area (Å²) in [6, 6.07) is 6.64. The molecule has 16 heavy (non-hydrogen) atoms. The van der Waals surface area contributed by atoms with Crippen molar-refractivity contribution < 1.29 is 14.0 Å². The number of Topliss-reactive ketones (excluding diaryl/α,β-unsaturated/α-hetero) is 1. The van der Waals surface area contributed by atoms with Crippen LogP contribution in [0.4, 0.5) is 10.1 Å². The van der Waals surface area contributed by atoms with Crippen molar-refractivity contribution in [3.8, 4) is 6.07 Å². The fourth-order valence-electron chi connectivity index (χ4n) is 1.08. The van der Waals surface area contributed by atoms with E-state index in [9.17, 15) is 14.0 Å². The van der Waals surface area contributed by atoms with Crippen molar-refractivity contribution >= 4 is 17.4 Å². The lowest BCUT2D eigenvalue weighted by Crippen LogP contribution is -2.26. The van der Waals surface area contributed by atoms with Crippen LogP contribution in [-0.4, -0.2) is 11.7 Å². The number of nitrogens with one attached hydrogen (secondary N) is 1.